The Balaban J connectivity index is 1.38. The van der Waals surface area contributed by atoms with Gasteiger partial charge in [-0.05, 0) is 44.0 Å². The van der Waals surface area contributed by atoms with Crippen LogP contribution in [0.1, 0.15) is 39.1 Å². The van der Waals surface area contributed by atoms with Crippen molar-refractivity contribution in [2.45, 2.75) is 25.7 Å². The molecular formula is C22H23N5O2S. The van der Waals surface area contributed by atoms with Crippen molar-refractivity contribution in [2.75, 3.05) is 23.7 Å². The minimum atomic E-state index is -0.269. The molecule has 8 heteroatoms. The third kappa shape index (κ3) is 4.83. The Kier molecular flexibility index (Phi) is 6.04. The van der Waals surface area contributed by atoms with E-state index in [1.165, 1.54) is 11.3 Å². The van der Waals surface area contributed by atoms with E-state index in [1.54, 1.807) is 4.90 Å². The van der Waals surface area contributed by atoms with Gasteiger partial charge in [0.2, 0.25) is 5.01 Å². The van der Waals surface area contributed by atoms with Crippen LogP contribution in [0.25, 0.3) is 0 Å². The van der Waals surface area contributed by atoms with E-state index in [0.717, 1.165) is 34.8 Å². The van der Waals surface area contributed by atoms with Crippen LogP contribution >= 0.6 is 11.3 Å². The van der Waals surface area contributed by atoms with Crippen LogP contribution < -0.4 is 10.6 Å². The number of aromatic nitrogens is 2. The molecule has 0 bridgehead atoms. The summed E-state index contributed by atoms with van der Waals surface area (Å²) >= 11 is 1.29. The van der Waals surface area contributed by atoms with Crippen LogP contribution in [0.3, 0.4) is 0 Å². The summed E-state index contributed by atoms with van der Waals surface area (Å²) in [6.07, 6.45) is 1.81. The van der Waals surface area contributed by atoms with Crippen molar-refractivity contribution in [3.05, 3.63) is 70.2 Å². The topological polar surface area (TPSA) is 87.2 Å². The third-order valence-electron chi connectivity index (χ3n) is 5.03. The molecule has 2 heterocycles. The number of amides is 3. The van der Waals surface area contributed by atoms with E-state index in [4.69, 9.17) is 0 Å². The number of hydrogen-bond donors (Lipinski definition) is 2. The van der Waals surface area contributed by atoms with E-state index in [-0.39, 0.29) is 17.9 Å². The molecule has 0 radical (unpaired) electrons. The highest BCUT2D eigenvalue weighted by molar-refractivity contribution is 7.13. The van der Waals surface area contributed by atoms with Crippen LogP contribution in [0.2, 0.25) is 0 Å². The zero-order valence-corrected chi connectivity index (χ0v) is 17.5. The summed E-state index contributed by atoms with van der Waals surface area (Å²) in [7, 11) is 0. The SMILES string of the molecule is Cc1ccc(NC(=O)N2CCC[C@@H](c3nnc(C(=O)Nc4ccccc4)s3)C2)cc1. The standard InChI is InChI=1S/C22H23N5O2S/c1-15-9-11-18(12-10-15)24-22(29)27-13-5-6-16(14-27)20-25-26-21(30-20)19(28)23-17-7-3-2-4-8-17/h2-4,7-12,16H,5-6,13-14H2,1H3,(H,23,28)(H,24,29)/t16-/m1/s1. The molecule has 3 amide bonds. The number of benzene rings is 2. The zero-order valence-electron chi connectivity index (χ0n) is 16.7. The lowest BCUT2D eigenvalue weighted by Gasteiger charge is -2.31. The third-order valence-corrected chi connectivity index (χ3v) is 6.11. The molecule has 154 valence electrons. The van der Waals surface area contributed by atoms with E-state index in [9.17, 15) is 9.59 Å². The molecule has 7 nitrogen and oxygen atoms in total. The molecular weight excluding hydrogens is 398 g/mol. The van der Waals surface area contributed by atoms with Gasteiger partial charge in [0.1, 0.15) is 5.01 Å². The molecule has 0 saturated carbocycles. The van der Waals surface area contributed by atoms with Crippen molar-refractivity contribution in [3.63, 3.8) is 0 Å². The minimum absolute atomic E-state index is 0.0818. The van der Waals surface area contributed by atoms with Crippen molar-refractivity contribution < 1.29 is 9.59 Å². The van der Waals surface area contributed by atoms with Gasteiger partial charge in [-0.3, -0.25) is 4.79 Å². The summed E-state index contributed by atoms with van der Waals surface area (Å²) < 4.78 is 0. The number of para-hydroxylation sites is 1. The van der Waals surface area contributed by atoms with Crippen molar-refractivity contribution in [2.24, 2.45) is 0 Å². The van der Waals surface area contributed by atoms with Crippen molar-refractivity contribution in [1.29, 1.82) is 0 Å². The Bertz CT molecular complexity index is 1020. The van der Waals surface area contributed by atoms with Gasteiger partial charge in [0.25, 0.3) is 5.91 Å². The molecule has 2 N–H and O–H groups in total. The Morgan fingerprint density at radius 1 is 1.00 bits per heavy atom. The fraction of sp³-hybridized carbons (Fsp3) is 0.273. The predicted octanol–water partition coefficient (Wildman–Crippen LogP) is 4.51. The fourth-order valence-corrected chi connectivity index (χ4v) is 4.26. The normalized spacial score (nSPS) is 16.2. The maximum absolute atomic E-state index is 12.7. The predicted molar refractivity (Wildman–Crippen MR) is 118 cm³/mol. The van der Waals surface area contributed by atoms with Gasteiger partial charge in [0.15, 0.2) is 0 Å². The molecule has 2 aromatic carbocycles. The second kappa shape index (κ2) is 9.04. The lowest BCUT2D eigenvalue weighted by atomic mass is 9.99. The first-order valence-electron chi connectivity index (χ1n) is 9.91. The lowest BCUT2D eigenvalue weighted by Crippen LogP contribution is -2.41. The Hall–Kier alpha value is -3.26. The zero-order chi connectivity index (χ0) is 20.9. The lowest BCUT2D eigenvalue weighted by molar-refractivity contribution is 0.102. The first-order valence-corrected chi connectivity index (χ1v) is 10.7. The number of hydrogen-bond acceptors (Lipinski definition) is 5. The minimum Gasteiger partial charge on any atom is -0.324 e. The summed E-state index contributed by atoms with van der Waals surface area (Å²) in [6.45, 7) is 3.28. The maximum Gasteiger partial charge on any atom is 0.321 e. The monoisotopic (exact) mass is 421 g/mol. The molecule has 0 unspecified atom stereocenters. The van der Waals surface area contributed by atoms with Crippen LogP contribution in [0.5, 0.6) is 0 Å². The summed E-state index contributed by atoms with van der Waals surface area (Å²) in [4.78, 5) is 26.9. The molecule has 4 rings (SSSR count). The number of nitrogens with one attached hydrogen (secondary N) is 2. The first-order chi connectivity index (χ1) is 14.6. The number of anilines is 2. The van der Waals surface area contributed by atoms with Gasteiger partial charge in [0, 0.05) is 30.4 Å². The van der Waals surface area contributed by atoms with E-state index in [2.05, 4.69) is 20.8 Å². The molecule has 1 aromatic heterocycles. The molecule has 1 atom stereocenters. The average molecular weight is 422 g/mol. The second-order valence-corrected chi connectivity index (χ2v) is 8.36. The number of carbonyl (C=O) groups excluding carboxylic acids is 2. The van der Waals surface area contributed by atoms with Gasteiger partial charge < -0.3 is 15.5 Å². The van der Waals surface area contributed by atoms with Gasteiger partial charge in [-0.2, -0.15) is 0 Å². The number of aryl methyl sites for hydroxylation is 1. The Morgan fingerprint density at radius 2 is 1.73 bits per heavy atom. The van der Waals surface area contributed by atoms with Crippen molar-refractivity contribution in [3.8, 4) is 0 Å². The molecule has 30 heavy (non-hydrogen) atoms. The molecule has 0 spiro atoms. The molecule has 3 aromatic rings. The smallest absolute Gasteiger partial charge is 0.321 e. The van der Waals surface area contributed by atoms with E-state index in [0.29, 0.717) is 18.1 Å². The summed E-state index contributed by atoms with van der Waals surface area (Å²) in [6, 6.07) is 16.9. The van der Waals surface area contributed by atoms with E-state index >= 15 is 0 Å². The van der Waals surface area contributed by atoms with Crippen LogP contribution in [-0.4, -0.2) is 40.1 Å². The van der Waals surface area contributed by atoms with E-state index < -0.39 is 0 Å². The first kappa shape index (κ1) is 20.0. The average Bonchev–Trinajstić information content (AvgIpc) is 3.27. The summed E-state index contributed by atoms with van der Waals surface area (Å²) in [5, 5.41) is 15.2. The molecule has 0 aliphatic carbocycles. The van der Waals surface area contributed by atoms with Gasteiger partial charge in [0.05, 0.1) is 0 Å². The molecule has 1 saturated heterocycles. The van der Waals surface area contributed by atoms with Crippen molar-refractivity contribution >= 4 is 34.6 Å². The van der Waals surface area contributed by atoms with Crippen LogP contribution in [0, 0.1) is 6.92 Å². The number of nitrogens with zero attached hydrogens (tertiary/aromatic N) is 3. The number of likely N-dealkylation sites (tertiary alicyclic amines) is 1. The number of rotatable bonds is 4. The number of urea groups is 1. The highest BCUT2D eigenvalue weighted by atomic mass is 32.1. The molecule has 1 aliphatic heterocycles. The van der Waals surface area contributed by atoms with Crippen LogP contribution in [0.15, 0.2) is 54.6 Å². The molecule has 1 aliphatic rings. The van der Waals surface area contributed by atoms with Gasteiger partial charge in [-0.25, -0.2) is 4.79 Å². The fourth-order valence-electron chi connectivity index (χ4n) is 3.40. The maximum atomic E-state index is 12.7. The van der Waals surface area contributed by atoms with Crippen LogP contribution in [-0.2, 0) is 0 Å². The van der Waals surface area contributed by atoms with Gasteiger partial charge in [-0.1, -0.05) is 47.2 Å². The quantitative estimate of drug-likeness (QED) is 0.649. The number of carbonyl (C=O) groups is 2. The largest absolute Gasteiger partial charge is 0.324 e. The summed E-state index contributed by atoms with van der Waals surface area (Å²) in [5.74, 6) is -0.187. The van der Waals surface area contributed by atoms with Crippen molar-refractivity contribution in [1.82, 2.24) is 15.1 Å². The van der Waals surface area contributed by atoms with E-state index in [1.807, 2.05) is 61.5 Å². The van der Waals surface area contributed by atoms with Crippen LogP contribution in [0.4, 0.5) is 16.2 Å². The highest BCUT2D eigenvalue weighted by Crippen LogP contribution is 2.29. The summed E-state index contributed by atoms with van der Waals surface area (Å²) in [5.41, 5.74) is 2.65. The number of piperidine rings is 1. The Labute approximate surface area is 179 Å². The van der Waals surface area contributed by atoms with Gasteiger partial charge >= 0.3 is 6.03 Å². The highest BCUT2D eigenvalue weighted by Gasteiger charge is 2.28. The molecule has 1 fully saturated rings. The van der Waals surface area contributed by atoms with Gasteiger partial charge in [-0.15, -0.1) is 10.2 Å². The second-order valence-electron chi connectivity index (χ2n) is 7.35. The Morgan fingerprint density at radius 3 is 2.50 bits per heavy atom.